The Balaban J connectivity index is 0.00000289. The smallest absolute Gasteiger partial charge is 0.222 e. The Morgan fingerprint density at radius 2 is 2.11 bits per heavy atom. The fraction of sp³-hybridized carbons (Fsp3) is 0.929. The Labute approximate surface area is 118 Å². The van der Waals surface area contributed by atoms with Gasteiger partial charge in [-0.25, -0.2) is 0 Å². The van der Waals surface area contributed by atoms with E-state index in [1.54, 1.807) is 0 Å². The fourth-order valence-corrected chi connectivity index (χ4v) is 2.47. The molecule has 1 fully saturated rings. The largest absolute Gasteiger partial charge is 0.343 e. The van der Waals surface area contributed by atoms with Gasteiger partial charge in [-0.1, -0.05) is 13.8 Å². The lowest BCUT2D eigenvalue weighted by molar-refractivity contribution is -0.133. The normalized spacial score (nSPS) is 22.8. The van der Waals surface area contributed by atoms with Gasteiger partial charge in [0.2, 0.25) is 5.91 Å². The molecule has 1 heterocycles. The molecule has 0 spiro atoms. The molecule has 0 aromatic heterocycles. The van der Waals surface area contributed by atoms with Crippen molar-refractivity contribution in [2.45, 2.75) is 52.5 Å². The first-order valence-electron chi connectivity index (χ1n) is 7.02. The first kappa shape index (κ1) is 17.7. The van der Waals surface area contributed by atoms with E-state index in [0.717, 1.165) is 19.5 Å². The molecule has 1 amide bonds. The van der Waals surface area contributed by atoms with Crippen LogP contribution in [0.5, 0.6) is 0 Å². The molecule has 1 rings (SSSR count). The van der Waals surface area contributed by atoms with E-state index < -0.39 is 0 Å². The lowest BCUT2D eigenvalue weighted by atomic mass is 9.85. The van der Waals surface area contributed by atoms with E-state index in [1.165, 1.54) is 12.8 Å². The molecule has 1 N–H and O–H groups in total. The Bertz CT molecular complexity index is 242. The van der Waals surface area contributed by atoms with E-state index in [-0.39, 0.29) is 12.4 Å². The molecule has 0 radical (unpaired) electrons. The van der Waals surface area contributed by atoms with Gasteiger partial charge < -0.3 is 10.2 Å². The second kappa shape index (κ2) is 8.76. The number of halogens is 1. The minimum atomic E-state index is 0. The van der Waals surface area contributed by atoms with Gasteiger partial charge in [-0.3, -0.25) is 4.79 Å². The van der Waals surface area contributed by atoms with Gasteiger partial charge in [-0.15, -0.1) is 12.4 Å². The van der Waals surface area contributed by atoms with Gasteiger partial charge >= 0.3 is 0 Å². The van der Waals surface area contributed by atoms with Crippen LogP contribution in [0.1, 0.15) is 46.5 Å². The van der Waals surface area contributed by atoms with E-state index in [9.17, 15) is 4.79 Å². The molecule has 1 aliphatic heterocycles. The molecular formula is C14H29ClN2O. The number of carbonyl (C=O) groups is 1. The Morgan fingerprint density at radius 3 is 2.61 bits per heavy atom. The highest BCUT2D eigenvalue weighted by molar-refractivity contribution is 5.85. The number of nitrogens with zero attached hydrogens (tertiary/aromatic N) is 1. The highest BCUT2D eigenvalue weighted by Crippen LogP contribution is 2.23. The zero-order valence-electron chi connectivity index (χ0n) is 12.2. The zero-order valence-corrected chi connectivity index (χ0v) is 13.1. The van der Waals surface area contributed by atoms with Gasteiger partial charge in [0.25, 0.3) is 0 Å². The van der Waals surface area contributed by atoms with Crippen LogP contribution in [0.3, 0.4) is 0 Å². The van der Waals surface area contributed by atoms with Gasteiger partial charge in [0.05, 0.1) is 0 Å². The fourth-order valence-electron chi connectivity index (χ4n) is 2.47. The van der Waals surface area contributed by atoms with E-state index in [0.29, 0.717) is 30.2 Å². The van der Waals surface area contributed by atoms with E-state index in [1.807, 2.05) is 11.9 Å². The molecule has 0 saturated carbocycles. The first-order chi connectivity index (χ1) is 8.06. The quantitative estimate of drug-likeness (QED) is 0.837. The summed E-state index contributed by atoms with van der Waals surface area (Å²) < 4.78 is 0. The average Bonchev–Trinajstić information content (AvgIpc) is 2.37. The highest BCUT2D eigenvalue weighted by atomic mass is 35.5. The molecule has 3 unspecified atom stereocenters. The van der Waals surface area contributed by atoms with Crippen LogP contribution in [0.4, 0.5) is 0 Å². The van der Waals surface area contributed by atoms with Crippen molar-refractivity contribution in [2.24, 2.45) is 11.8 Å². The molecule has 1 saturated heterocycles. The standard InChI is InChI=1S/C14H28N2O.ClH/c1-5-12(3)16(4)14(17)9-11(2)13-7-6-8-15-10-13;/h11-13,15H,5-10H2,1-4H3;1H. The Kier molecular flexibility index (Phi) is 8.62. The van der Waals surface area contributed by atoms with Crippen molar-refractivity contribution in [2.75, 3.05) is 20.1 Å². The number of hydrogen-bond donors (Lipinski definition) is 1. The number of nitrogens with one attached hydrogen (secondary N) is 1. The number of hydrogen-bond acceptors (Lipinski definition) is 2. The van der Waals surface area contributed by atoms with Crippen LogP contribution in [0.2, 0.25) is 0 Å². The van der Waals surface area contributed by atoms with Gasteiger partial charge in [0.15, 0.2) is 0 Å². The second-order valence-electron chi connectivity index (χ2n) is 5.55. The number of amides is 1. The van der Waals surface area contributed by atoms with Crippen LogP contribution in [0, 0.1) is 11.8 Å². The zero-order chi connectivity index (χ0) is 12.8. The van der Waals surface area contributed by atoms with Crippen LogP contribution >= 0.6 is 12.4 Å². The molecular weight excluding hydrogens is 248 g/mol. The molecule has 0 bridgehead atoms. The number of carbonyl (C=O) groups excluding carboxylic acids is 1. The monoisotopic (exact) mass is 276 g/mol. The summed E-state index contributed by atoms with van der Waals surface area (Å²) in [5.41, 5.74) is 0. The topological polar surface area (TPSA) is 32.3 Å². The highest BCUT2D eigenvalue weighted by Gasteiger charge is 2.24. The maximum Gasteiger partial charge on any atom is 0.222 e. The summed E-state index contributed by atoms with van der Waals surface area (Å²) in [6.45, 7) is 8.69. The molecule has 0 aromatic rings. The minimum Gasteiger partial charge on any atom is -0.343 e. The number of rotatable bonds is 5. The van der Waals surface area contributed by atoms with Crippen LogP contribution in [-0.2, 0) is 4.79 Å². The molecule has 108 valence electrons. The predicted octanol–water partition coefficient (Wildman–Crippen LogP) is 2.69. The molecule has 3 nitrogen and oxygen atoms in total. The van der Waals surface area contributed by atoms with Gasteiger partial charge in [-0.05, 0) is 51.1 Å². The Hall–Kier alpha value is -0.280. The third kappa shape index (κ3) is 5.15. The first-order valence-corrected chi connectivity index (χ1v) is 7.02. The van der Waals surface area contributed by atoms with Gasteiger partial charge in [0.1, 0.15) is 0 Å². The van der Waals surface area contributed by atoms with Gasteiger partial charge in [0, 0.05) is 19.5 Å². The van der Waals surface area contributed by atoms with Crippen LogP contribution in [-0.4, -0.2) is 37.0 Å². The molecule has 0 aliphatic carbocycles. The van der Waals surface area contributed by atoms with Crippen molar-refractivity contribution >= 4 is 18.3 Å². The third-order valence-corrected chi connectivity index (χ3v) is 4.28. The molecule has 18 heavy (non-hydrogen) atoms. The molecule has 0 aromatic carbocycles. The number of piperidine rings is 1. The van der Waals surface area contributed by atoms with Crippen LogP contribution in [0.15, 0.2) is 0 Å². The van der Waals surface area contributed by atoms with Crippen LogP contribution in [0.25, 0.3) is 0 Å². The third-order valence-electron chi connectivity index (χ3n) is 4.28. The summed E-state index contributed by atoms with van der Waals surface area (Å²) in [6.07, 6.45) is 4.26. The lowest BCUT2D eigenvalue weighted by Crippen LogP contribution is -2.38. The van der Waals surface area contributed by atoms with E-state index >= 15 is 0 Å². The van der Waals surface area contributed by atoms with Crippen LogP contribution < -0.4 is 5.32 Å². The maximum atomic E-state index is 12.1. The van der Waals surface area contributed by atoms with Crippen molar-refractivity contribution in [3.8, 4) is 0 Å². The SMILES string of the molecule is CCC(C)N(C)C(=O)CC(C)C1CCCNC1.Cl. The summed E-state index contributed by atoms with van der Waals surface area (Å²) in [5.74, 6) is 1.48. The molecule has 1 aliphatic rings. The summed E-state index contributed by atoms with van der Waals surface area (Å²) in [5, 5.41) is 3.43. The van der Waals surface area contributed by atoms with E-state index in [4.69, 9.17) is 0 Å². The summed E-state index contributed by atoms with van der Waals surface area (Å²) >= 11 is 0. The molecule has 4 heteroatoms. The van der Waals surface area contributed by atoms with Crippen molar-refractivity contribution in [3.05, 3.63) is 0 Å². The van der Waals surface area contributed by atoms with E-state index in [2.05, 4.69) is 26.1 Å². The van der Waals surface area contributed by atoms with Crippen molar-refractivity contribution in [3.63, 3.8) is 0 Å². The Morgan fingerprint density at radius 1 is 1.44 bits per heavy atom. The minimum absolute atomic E-state index is 0. The second-order valence-corrected chi connectivity index (χ2v) is 5.55. The lowest BCUT2D eigenvalue weighted by Gasteiger charge is -2.30. The summed E-state index contributed by atoms with van der Waals surface area (Å²) in [4.78, 5) is 14.0. The van der Waals surface area contributed by atoms with Crippen molar-refractivity contribution < 1.29 is 4.79 Å². The summed E-state index contributed by atoms with van der Waals surface area (Å²) in [7, 11) is 1.93. The van der Waals surface area contributed by atoms with Gasteiger partial charge in [-0.2, -0.15) is 0 Å². The maximum absolute atomic E-state index is 12.1. The average molecular weight is 277 g/mol. The summed E-state index contributed by atoms with van der Waals surface area (Å²) in [6, 6.07) is 0.360. The predicted molar refractivity (Wildman–Crippen MR) is 79.1 cm³/mol. The molecule has 3 atom stereocenters. The van der Waals surface area contributed by atoms with Crippen molar-refractivity contribution in [1.29, 1.82) is 0 Å². The van der Waals surface area contributed by atoms with Crippen molar-refractivity contribution in [1.82, 2.24) is 10.2 Å².